The van der Waals surface area contributed by atoms with E-state index in [9.17, 15) is 19.2 Å². The summed E-state index contributed by atoms with van der Waals surface area (Å²) in [4.78, 5) is 57.3. The van der Waals surface area contributed by atoms with Gasteiger partial charge in [-0.3, -0.25) is 19.2 Å². The van der Waals surface area contributed by atoms with Gasteiger partial charge in [-0.1, -0.05) is 48.9 Å². The van der Waals surface area contributed by atoms with Crippen molar-refractivity contribution in [2.24, 2.45) is 5.92 Å². The Morgan fingerprint density at radius 1 is 1.02 bits per heavy atom. The van der Waals surface area contributed by atoms with E-state index < -0.39 is 58.9 Å². The molecule has 2 heterocycles. The number of anilines is 1. The fourth-order valence-electron chi connectivity index (χ4n) is 6.43. The quantitative estimate of drug-likeness (QED) is 0.268. The molecular weight excluding hydrogens is 685 g/mol. The number of hydrogen-bond donors (Lipinski definition) is 3. The number of piperazine rings is 1. The molecule has 2 aromatic carbocycles. The van der Waals surface area contributed by atoms with Crippen LogP contribution >= 0.6 is 11.5 Å². The van der Waals surface area contributed by atoms with Crippen LogP contribution in [0.1, 0.15) is 71.3 Å². The molecule has 16 heteroatoms. The Balaban J connectivity index is 1.34. The van der Waals surface area contributed by atoms with E-state index in [2.05, 4.69) is 30.4 Å². The number of nitrogens with zero attached hydrogens (tertiary/aromatic N) is 5. The summed E-state index contributed by atoms with van der Waals surface area (Å²) in [6.07, 6.45) is 4.64. The summed E-state index contributed by atoms with van der Waals surface area (Å²) in [6, 6.07) is 7.79. The van der Waals surface area contributed by atoms with Crippen molar-refractivity contribution in [1.82, 2.24) is 30.0 Å². The lowest BCUT2D eigenvalue weighted by atomic mass is 9.83. The van der Waals surface area contributed by atoms with E-state index in [0.29, 0.717) is 44.6 Å². The standard InChI is InChI=1S/C35H39F3N8O4S/c1-21(29(42-31(47)28-20-40-44-51-28)33(49)46-15-13-45(2)14-16-46)24-11-12-27(26(36)18-24)41-32(48)30(23-8-4-3-5-9-23)43-34(50)35(37,38)25-10-6-7-22(17-25)19-39/h6-7,10-12,17-18,20-21,23,29-30H,3-5,8-9,13-16H2,1-2H3,(H,41,48)(H,42,47)(H,43,50). The van der Waals surface area contributed by atoms with Crippen molar-refractivity contribution in [2.45, 2.75) is 63.0 Å². The van der Waals surface area contributed by atoms with Crippen LogP contribution in [0.5, 0.6) is 0 Å². The van der Waals surface area contributed by atoms with Gasteiger partial charge in [0.25, 0.3) is 11.8 Å². The second kappa shape index (κ2) is 16.4. The van der Waals surface area contributed by atoms with E-state index in [-0.39, 0.29) is 22.0 Å². The van der Waals surface area contributed by atoms with Crippen LogP contribution in [-0.4, -0.2) is 88.3 Å². The molecule has 51 heavy (non-hydrogen) atoms. The molecule has 1 saturated heterocycles. The molecule has 3 N–H and O–H groups in total. The molecule has 1 aliphatic carbocycles. The Morgan fingerprint density at radius 3 is 2.39 bits per heavy atom. The summed E-state index contributed by atoms with van der Waals surface area (Å²) < 4.78 is 50.0. The SMILES string of the molecule is CC(c1ccc(NC(=O)C(NC(=O)C(F)(F)c2cccc(C#N)c2)C2CCCCC2)c(F)c1)C(NC(=O)c1cnns1)C(=O)N1CCN(C)CC1. The highest BCUT2D eigenvalue weighted by Gasteiger charge is 2.44. The average Bonchev–Trinajstić information content (AvgIpc) is 3.69. The fraction of sp³-hybridized carbons (Fsp3) is 0.457. The Hall–Kier alpha value is -4.88. The molecule has 0 bridgehead atoms. The number of benzene rings is 2. The Morgan fingerprint density at radius 2 is 1.75 bits per heavy atom. The second-order valence-corrected chi connectivity index (χ2v) is 13.8. The van der Waals surface area contributed by atoms with E-state index in [1.165, 1.54) is 30.5 Å². The first-order valence-electron chi connectivity index (χ1n) is 16.7. The minimum atomic E-state index is -4.05. The highest BCUT2D eigenvalue weighted by atomic mass is 32.1. The molecule has 12 nitrogen and oxygen atoms in total. The lowest BCUT2D eigenvalue weighted by Crippen LogP contribution is -2.55. The lowest BCUT2D eigenvalue weighted by Gasteiger charge is -2.36. The normalized spacial score (nSPS) is 17.5. The highest BCUT2D eigenvalue weighted by Crippen LogP contribution is 2.32. The molecule has 3 atom stereocenters. The van der Waals surface area contributed by atoms with E-state index in [0.717, 1.165) is 49.0 Å². The van der Waals surface area contributed by atoms with Crippen molar-refractivity contribution >= 4 is 40.8 Å². The number of aromatic nitrogens is 2. The van der Waals surface area contributed by atoms with Crippen LogP contribution in [0.3, 0.4) is 0 Å². The van der Waals surface area contributed by atoms with Crippen molar-refractivity contribution in [3.05, 3.63) is 76.0 Å². The Bertz CT molecular complexity index is 1770. The number of hydrogen-bond acceptors (Lipinski definition) is 9. The predicted octanol–water partition coefficient (Wildman–Crippen LogP) is 4.02. The molecule has 0 radical (unpaired) electrons. The molecule has 5 rings (SSSR count). The van der Waals surface area contributed by atoms with E-state index in [1.54, 1.807) is 17.9 Å². The first-order valence-corrected chi connectivity index (χ1v) is 17.5. The van der Waals surface area contributed by atoms with Crippen molar-refractivity contribution < 1.29 is 32.3 Å². The van der Waals surface area contributed by atoms with Gasteiger partial charge in [-0.25, -0.2) is 4.39 Å². The van der Waals surface area contributed by atoms with Crippen LogP contribution in [0.15, 0.2) is 48.7 Å². The number of nitrogens with one attached hydrogen (secondary N) is 3. The third-order valence-electron chi connectivity index (χ3n) is 9.56. The van der Waals surface area contributed by atoms with E-state index in [1.807, 2.05) is 7.05 Å². The summed E-state index contributed by atoms with van der Waals surface area (Å²) in [5.41, 5.74) is -0.635. The number of halogens is 3. The Labute approximate surface area is 297 Å². The van der Waals surface area contributed by atoms with Gasteiger partial charge in [0.15, 0.2) is 0 Å². The number of nitriles is 1. The molecular formula is C35H39F3N8O4S. The summed E-state index contributed by atoms with van der Waals surface area (Å²) in [5.74, 6) is -9.53. The molecule has 1 aromatic heterocycles. The third kappa shape index (κ3) is 8.89. The van der Waals surface area contributed by atoms with Crippen LogP contribution in [-0.2, 0) is 20.3 Å². The van der Waals surface area contributed by atoms with Gasteiger partial charge in [-0.05, 0) is 67.2 Å². The zero-order valence-corrected chi connectivity index (χ0v) is 29.0. The maximum atomic E-state index is 15.7. The van der Waals surface area contributed by atoms with Crippen LogP contribution in [0, 0.1) is 23.1 Å². The molecule has 2 aliphatic rings. The number of carbonyl (C=O) groups excluding carboxylic acids is 4. The number of rotatable bonds is 11. The van der Waals surface area contributed by atoms with Gasteiger partial charge < -0.3 is 25.8 Å². The molecule has 4 amide bonds. The molecule has 1 aliphatic heterocycles. The van der Waals surface area contributed by atoms with Crippen molar-refractivity contribution in [2.75, 3.05) is 38.5 Å². The molecule has 2 fully saturated rings. The number of alkyl halides is 2. The summed E-state index contributed by atoms with van der Waals surface area (Å²) >= 11 is 0.871. The fourth-order valence-corrected chi connectivity index (χ4v) is 6.85. The van der Waals surface area contributed by atoms with Gasteiger partial charge in [-0.15, -0.1) is 5.10 Å². The van der Waals surface area contributed by atoms with Gasteiger partial charge in [-0.2, -0.15) is 14.0 Å². The first kappa shape index (κ1) is 37.4. The molecule has 3 aromatic rings. The lowest BCUT2D eigenvalue weighted by molar-refractivity contribution is -0.149. The van der Waals surface area contributed by atoms with Crippen LogP contribution < -0.4 is 16.0 Å². The maximum absolute atomic E-state index is 15.7. The van der Waals surface area contributed by atoms with Gasteiger partial charge in [0.05, 0.1) is 23.5 Å². The molecule has 0 spiro atoms. The van der Waals surface area contributed by atoms with Crippen molar-refractivity contribution in [3.8, 4) is 6.07 Å². The molecule has 270 valence electrons. The van der Waals surface area contributed by atoms with Crippen LogP contribution in [0.25, 0.3) is 0 Å². The third-order valence-corrected chi connectivity index (χ3v) is 10.2. The summed E-state index contributed by atoms with van der Waals surface area (Å²) in [7, 11) is 1.95. The number of amides is 4. The number of likely N-dealkylation sites (N-methyl/N-ethyl adjacent to an activating group) is 1. The van der Waals surface area contributed by atoms with E-state index in [4.69, 9.17) is 5.26 Å². The molecule has 3 unspecified atom stereocenters. The van der Waals surface area contributed by atoms with Gasteiger partial charge >= 0.3 is 5.92 Å². The second-order valence-electron chi connectivity index (χ2n) is 13.0. The van der Waals surface area contributed by atoms with Crippen LogP contribution in [0.2, 0.25) is 0 Å². The van der Waals surface area contributed by atoms with Crippen LogP contribution in [0.4, 0.5) is 18.9 Å². The first-order chi connectivity index (χ1) is 24.4. The largest absolute Gasteiger partial charge is 0.349 e. The van der Waals surface area contributed by atoms with Gasteiger partial charge in [0.2, 0.25) is 11.8 Å². The van der Waals surface area contributed by atoms with Crippen molar-refractivity contribution in [3.63, 3.8) is 0 Å². The minimum Gasteiger partial charge on any atom is -0.339 e. The zero-order chi connectivity index (χ0) is 36.7. The zero-order valence-electron chi connectivity index (χ0n) is 28.2. The Kier molecular flexibility index (Phi) is 12.0. The maximum Gasteiger partial charge on any atom is 0.349 e. The smallest absolute Gasteiger partial charge is 0.339 e. The monoisotopic (exact) mass is 724 g/mol. The number of carbonyl (C=O) groups is 4. The highest BCUT2D eigenvalue weighted by molar-refractivity contribution is 7.07. The predicted molar refractivity (Wildman–Crippen MR) is 182 cm³/mol. The van der Waals surface area contributed by atoms with E-state index >= 15 is 13.2 Å². The average molecular weight is 725 g/mol. The molecule has 1 saturated carbocycles. The summed E-state index contributed by atoms with van der Waals surface area (Å²) in [6.45, 7) is 3.88. The van der Waals surface area contributed by atoms with Gasteiger partial charge in [0.1, 0.15) is 22.8 Å². The van der Waals surface area contributed by atoms with Crippen molar-refractivity contribution in [1.29, 1.82) is 5.26 Å². The van der Waals surface area contributed by atoms with Gasteiger partial charge in [0, 0.05) is 37.7 Å². The summed E-state index contributed by atoms with van der Waals surface area (Å²) in [5, 5.41) is 20.3. The minimum absolute atomic E-state index is 0.0516. The topological polar surface area (TPSA) is 160 Å².